The average molecular weight is 284 g/mol. The van der Waals surface area contributed by atoms with Gasteiger partial charge in [-0.05, 0) is 25.1 Å². The highest BCUT2D eigenvalue weighted by atomic mass is 32.2. The van der Waals surface area contributed by atoms with Gasteiger partial charge in [0.1, 0.15) is 0 Å². The highest BCUT2D eigenvalue weighted by molar-refractivity contribution is 7.89. The summed E-state index contributed by atoms with van der Waals surface area (Å²) in [4.78, 5) is 0.395. The van der Waals surface area contributed by atoms with Gasteiger partial charge in [0.05, 0.1) is 11.5 Å². The first-order valence-corrected chi connectivity index (χ1v) is 7.90. The number of nitrogens with one attached hydrogen (secondary N) is 1. The lowest BCUT2D eigenvalue weighted by atomic mass is 10.2. The van der Waals surface area contributed by atoms with Crippen molar-refractivity contribution < 1.29 is 13.2 Å². The molecule has 2 rings (SSSR count). The standard InChI is InChI=1S/C13H20N2O3S/c1-14-11-12-5-2-3-6-13(12)19(16,17)15-7-4-9-18-10-8-15/h2-3,5-6,14H,4,7-11H2,1H3. The van der Waals surface area contributed by atoms with Crippen LogP contribution < -0.4 is 5.32 Å². The third kappa shape index (κ3) is 3.33. The molecule has 0 saturated carbocycles. The van der Waals surface area contributed by atoms with Crippen LogP contribution in [-0.2, 0) is 21.3 Å². The molecule has 1 heterocycles. The second-order valence-electron chi connectivity index (χ2n) is 4.51. The van der Waals surface area contributed by atoms with Gasteiger partial charge >= 0.3 is 0 Å². The first-order valence-electron chi connectivity index (χ1n) is 6.46. The van der Waals surface area contributed by atoms with Gasteiger partial charge in [-0.25, -0.2) is 8.42 Å². The summed E-state index contributed by atoms with van der Waals surface area (Å²) in [6.07, 6.45) is 0.743. The molecule has 0 spiro atoms. The summed E-state index contributed by atoms with van der Waals surface area (Å²) in [6, 6.07) is 7.14. The van der Waals surface area contributed by atoms with Crippen molar-refractivity contribution in [1.82, 2.24) is 9.62 Å². The number of hydrogen-bond acceptors (Lipinski definition) is 4. The topological polar surface area (TPSA) is 58.6 Å². The van der Waals surface area contributed by atoms with Gasteiger partial charge in [-0.3, -0.25) is 0 Å². The molecule has 1 aromatic carbocycles. The maximum absolute atomic E-state index is 12.7. The third-order valence-electron chi connectivity index (χ3n) is 3.14. The zero-order valence-corrected chi connectivity index (χ0v) is 11.9. The summed E-state index contributed by atoms with van der Waals surface area (Å²) in [5.41, 5.74) is 0.801. The van der Waals surface area contributed by atoms with Gasteiger partial charge in [-0.15, -0.1) is 0 Å². The molecule has 5 nitrogen and oxygen atoms in total. The Morgan fingerprint density at radius 1 is 1.26 bits per heavy atom. The molecule has 1 saturated heterocycles. The first kappa shape index (κ1) is 14.5. The number of sulfonamides is 1. The van der Waals surface area contributed by atoms with E-state index in [4.69, 9.17) is 4.74 Å². The summed E-state index contributed by atoms with van der Waals surface area (Å²) in [6.45, 7) is 2.59. The Bertz CT molecular complexity index is 508. The number of rotatable bonds is 4. The van der Waals surface area contributed by atoms with Crippen molar-refractivity contribution in [3.8, 4) is 0 Å². The lowest BCUT2D eigenvalue weighted by Crippen LogP contribution is -2.34. The van der Waals surface area contributed by atoms with Crippen molar-refractivity contribution in [3.05, 3.63) is 29.8 Å². The van der Waals surface area contributed by atoms with Crippen LogP contribution >= 0.6 is 0 Å². The lowest BCUT2D eigenvalue weighted by molar-refractivity contribution is 0.148. The van der Waals surface area contributed by atoms with Crippen molar-refractivity contribution in [3.63, 3.8) is 0 Å². The van der Waals surface area contributed by atoms with Crippen LogP contribution in [0.3, 0.4) is 0 Å². The van der Waals surface area contributed by atoms with Crippen molar-refractivity contribution >= 4 is 10.0 Å². The lowest BCUT2D eigenvalue weighted by Gasteiger charge is -2.21. The summed E-state index contributed by atoms with van der Waals surface area (Å²) in [7, 11) is -1.62. The number of hydrogen-bond donors (Lipinski definition) is 1. The monoisotopic (exact) mass is 284 g/mol. The van der Waals surface area contributed by atoms with Crippen LogP contribution in [0.5, 0.6) is 0 Å². The molecule has 0 aliphatic carbocycles. The smallest absolute Gasteiger partial charge is 0.243 e. The minimum absolute atomic E-state index is 0.395. The molecule has 1 aliphatic rings. The van der Waals surface area contributed by atoms with E-state index in [1.807, 2.05) is 19.2 Å². The highest BCUT2D eigenvalue weighted by Gasteiger charge is 2.27. The summed E-state index contributed by atoms with van der Waals surface area (Å²) in [5.74, 6) is 0. The van der Waals surface area contributed by atoms with Crippen LogP contribution in [0.1, 0.15) is 12.0 Å². The second kappa shape index (κ2) is 6.47. The fourth-order valence-corrected chi connectivity index (χ4v) is 3.88. The van der Waals surface area contributed by atoms with Crippen LogP contribution in [0.25, 0.3) is 0 Å². The van der Waals surface area contributed by atoms with Crippen LogP contribution in [0.15, 0.2) is 29.2 Å². The molecule has 0 aromatic heterocycles. The molecular formula is C13H20N2O3S. The minimum Gasteiger partial charge on any atom is -0.380 e. The van der Waals surface area contributed by atoms with Crippen LogP contribution in [0.4, 0.5) is 0 Å². The quantitative estimate of drug-likeness (QED) is 0.889. The maximum atomic E-state index is 12.7. The van der Waals surface area contributed by atoms with Gasteiger partial charge in [0.2, 0.25) is 10.0 Å². The maximum Gasteiger partial charge on any atom is 0.243 e. The van der Waals surface area contributed by atoms with Crippen molar-refractivity contribution in [2.24, 2.45) is 0 Å². The van der Waals surface area contributed by atoms with E-state index in [0.717, 1.165) is 12.0 Å². The summed E-state index contributed by atoms with van der Waals surface area (Å²) >= 11 is 0. The minimum atomic E-state index is -3.42. The van der Waals surface area contributed by atoms with E-state index in [2.05, 4.69) is 5.32 Å². The molecule has 1 N–H and O–H groups in total. The number of ether oxygens (including phenoxy) is 1. The number of nitrogens with zero attached hydrogens (tertiary/aromatic N) is 1. The molecule has 6 heteroatoms. The second-order valence-corrected chi connectivity index (χ2v) is 6.41. The molecule has 0 radical (unpaired) electrons. The van der Waals surface area contributed by atoms with Gasteiger partial charge in [0, 0.05) is 26.2 Å². The Morgan fingerprint density at radius 3 is 2.84 bits per heavy atom. The van der Waals surface area contributed by atoms with Gasteiger partial charge in [-0.1, -0.05) is 18.2 Å². The molecule has 0 amide bonds. The van der Waals surface area contributed by atoms with E-state index < -0.39 is 10.0 Å². The molecule has 0 atom stereocenters. The van der Waals surface area contributed by atoms with E-state index in [1.165, 1.54) is 4.31 Å². The molecule has 1 aliphatic heterocycles. The summed E-state index contributed by atoms with van der Waals surface area (Å²) < 4.78 is 32.2. The van der Waals surface area contributed by atoms with Gasteiger partial charge < -0.3 is 10.1 Å². The van der Waals surface area contributed by atoms with E-state index in [0.29, 0.717) is 37.7 Å². The molecule has 1 fully saturated rings. The van der Waals surface area contributed by atoms with Gasteiger partial charge in [0.15, 0.2) is 0 Å². The fraction of sp³-hybridized carbons (Fsp3) is 0.538. The number of benzene rings is 1. The molecule has 0 bridgehead atoms. The van der Waals surface area contributed by atoms with E-state index in [-0.39, 0.29) is 0 Å². The summed E-state index contributed by atoms with van der Waals surface area (Å²) in [5, 5.41) is 3.00. The zero-order chi connectivity index (χ0) is 13.7. The van der Waals surface area contributed by atoms with Crippen molar-refractivity contribution in [1.29, 1.82) is 0 Å². The Morgan fingerprint density at radius 2 is 2.05 bits per heavy atom. The molecule has 19 heavy (non-hydrogen) atoms. The van der Waals surface area contributed by atoms with Crippen LogP contribution in [0.2, 0.25) is 0 Å². The fourth-order valence-electron chi connectivity index (χ4n) is 2.19. The molecule has 0 unspecified atom stereocenters. The SMILES string of the molecule is CNCc1ccccc1S(=O)(=O)N1CCCOCC1. The Hall–Kier alpha value is -0.950. The van der Waals surface area contributed by atoms with Crippen molar-refractivity contribution in [2.45, 2.75) is 17.9 Å². The Balaban J connectivity index is 2.32. The molecule has 106 valence electrons. The van der Waals surface area contributed by atoms with E-state index in [9.17, 15) is 8.42 Å². The predicted octanol–water partition coefficient (Wildman–Crippen LogP) is 0.817. The zero-order valence-electron chi connectivity index (χ0n) is 11.1. The van der Waals surface area contributed by atoms with Crippen LogP contribution in [0, 0.1) is 0 Å². The third-order valence-corrected chi connectivity index (χ3v) is 5.14. The van der Waals surface area contributed by atoms with E-state index in [1.54, 1.807) is 12.1 Å². The first-order chi connectivity index (χ1) is 9.16. The Kier molecular flexibility index (Phi) is 4.93. The average Bonchev–Trinajstić information content (AvgIpc) is 2.69. The predicted molar refractivity (Wildman–Crippen MR) is 73.4 cm³/mol. The molecular weight excluding hydrogens is 264 g/mol. The van der Waals surface area contributed by atoms with Gasteiger partial charge in [-0.2, -0.15) is 4.31 Å². The largest absolute Gasteiger partial charge is 0.380 e. The highest BCUT2D eigenvalue weighted by Crippen LogP contribution is 2.21. The normalized spacial score (nSPS) is 18.2. The van der Waals surface area contributed by atoms with Crippen molar-refractivity contribution in [2.75, 3.05) is 33.4 Å². The Labute approximate surface area is 114 Å². The van der Waals surface area contributed by atoms with E-state index >= 15 is 0 Å². The molecule has 1 aromatic rings. The van der Waals surface area contributed by atoms with Gasteiger partial charge in [0.25, 0.3) is 0 Å². The van der Waals surface area contributed by atoms with Crippen LogP contribution in [-0.4, -0.2) is 46.1 Å².